The molecule has 2 N–H and O–H groups in total. The lowest BCUT2D eigenvalue weighted by Gasteiger charge is -2.14. The SMILES string of the molecule is C[C@@H](N)c1ccc(Br)cc1OCCCCc1ccccc1. The van der Waals surface area contributed by atoms with Crippen LogP contribution in [0.15, 0.2) is 53.0 Å². The molecule has 0 saturated heterocycles. The van der Waals surface area contributed by atoms with E-state index in [-0.39, 0.29) is 6.04 Å². The number of hydrogen-bond acceptors (Lipinski definition) is 2. The van der Waals surface area contributed by atoms with Gasteiger partial charge in [0.15, 0.2) is 0 Å². The van der Waals surface area contributed by atoms with E-state index in [0.29, 0.717) is 0 Å². The van der Waals surface area contributed by atoms with E-state index in [1.807, 2.05) is 25.1 Å². The van der Waals surface area contributed by atoms with Crippen LogP contribution in [0.5, 0.6) is 5.75 Å². The predicted molar refractivity (Wildman–Crippen MR) is 91.6 cm³/mol. The van der Waals surface area contributed by atoms with Crippen LogP contribution in [-0.2, 0) is 6.42 Å². The van der Waals surface area contributed by atoms with Gasteiger partial charge in [0.25, 0.3) is 0 Å². The molecular formula is C18H22BrNO. The number of rotatable bonds is 7. The first kappa shape index (κ1) is 16.1. The van der Waals surface area contributed by atoms with Crippen LogP contribution in [0.25, 0.3) is 0 Å². The highest BCUT2D eigenvalue weighted by Gasteiger charge is 2.08. The second kappa shape index (κ2) is 8.20. The summed E-state index contributed by atoms with van der Waals surface area (Å²) in [5.74, 6) is 0.888. The Kier molecular flexibility index (Phi) is 6.27. The van der Waals surface area contributed by atoms with Gasteiger partial charge in [-0.15, -0.1) is 0 Å². The number of aryl methyl sites for hydroxylation is 1. The summed E-state index contributed by atoms with van der Waals surface area (Å²) in [6.45, 7) is 2.70. The Morgan fingerprint density at radius 3 is 2.57 bits per heavy atom. The lowest BCUT2D eigenvalue weighted by Crippen LogP contribution is -2.08. The van der Waals surface area contributed by atoms with Gasteiger partial charge in [0.2, 0.25) is 0 Å². The molecule has 1 atom stereocenters. The fourth-order valence-electron chi connectivity index (χ4n) is 2.27. The van der Waals surface area contributed by atoms with Gasteiger partial charge in [0.1, 0.15) is 5.75 Å². The molecular weight excluding hydrogens is 326 g/mol. The highest BCUT2D eigenvalue weighted by atomic mass is 79.9. The van der Waals surface area contributed by atoms with Crippen LogP contribution >= 0.6 is 15.9 Å². The smallest absolute Gasteiger partial charge is 0.125 e. The molecule has 0 heterocycles. The van der Waals surface area contributed by atoms with Gasteiger partial charge in [0, 0.05) is 16.1 Å². The molecule has 0 aliphatic rings. The monoisotopic (exact) mass is 347 g/mol. The molecule has 0 aromatic heterocycles. The number of ether oxygens (including phenoxy) is 1. The topological polar surface area (TPSA) is 35.2 Å². The van der Waals surface area contributed by atoms with Gasteiger partial charge in [-0.3, -0.25) is 0 Å². The average molecular weight is 348 g/mol. The normalized spacial score (nSPS) is 12.1. The Balaban J connectivity index is 1.79. The average Bonchev–Trinajstić information content (AvgIpc) is 2.48. The first-order valence-electron chi connectivity index (χ1n) is 7.38. The summed E-state index contributed by atoms with van der Waals surface area (Å²) in [5, 5.41) is 0. The van der Waals surface area contributed by atoms with Gasteiger partial charge in [-0.25, -0.2) is 0 Å². The summed E-state index contributed by atoms with van der Waals surface area (Å²) in [4.78, 5) is 0. The zero-order valence-electron chi connectivity index (χ0n) is 12.4. The summed E-state index contributed by atoms with van der Waals surface area (Å²) < 4.78 is 6.93. The van der Waals surface area contributed by atoms with Crippen LogP contribution in [-0.4, -0.2) is 6.61 Å². The van der Waals surface area contributed by atoms with Crippen molar-refractivity contribution in [2.24, 2.45) is 5.73 Å². The number of halogens is 1. The molecule has 2 rings (SSSR count). The first-order chi connectivity index (χ1) is 10.2. The van der Waals surface area contributed by atoms with Crippen molar-refractivity contribution in [1.82, 2.24) is 0 Å². The number of benzene rings is 2. The van der Waals surface area contributed by atoms with Crippen LogP contribution in [0.4, 0.5) is 0 Å². The quantitative estimate of drug-likeness (QED) is 0.725. The van der Waals surface area contributed by atoms with E-state index in [0.717, 1.165) is 41.7 Å². The van der Waals surface area contributed by atoms with Crippen molar-refractivity contribution in [1.29, 1.82) is 0 Å². The van der Waals surface area contributed by atoms with Crippen molar-refractivity contribution in [3.8, 4) is 5.75 Å². The molecule has 0 spiro atoms. The second-order valence-electron chi connectivity index (χ2n) is 5.26. The lowest BCUT2D eigenvalue weighted by molar-refractivity contribution is 0.302. The molecule has 2 nitrogen and oxygen atoms in total. The summed E-state index contributed by atoms with van der Waals surface area (Å²) in [7, 11) is 0. The minimum absolute atomic E-state index is 0.0163. The Morgan fingerprint density at radius 1 is 1.10 bits per heavy atom. The van der Waals surface area contributed by atoms with E-state index in [1.54, 1.807) is 0 Å². The van der Waals surface area contributed by atoms with Crippen molar-refractivity contribution < 1.29 is 4.74 Å². The maximum Gasteiger partial charge on any atom is 0.125 e. The second-order valence-corrected chi connectivity index (χ2v) is 6.18. The van der Waals surface area contributed by atoms with Gasteiger partial charge in [-0.1, -0.05) is 52.3 Å². The maximum atomic E-state index is 5.98. The van der Waals surface area contributed by atoms with Crippen LogP contribution in [0.2, 0.25) is 0 Å². The van der Waals surface area contributed by atoms with E-state index >= 15 is 0 Å². The third-order valence-corrected chi connectivity index (χ3v) is 3.92. The van der Waals surface area contributed by atoms with E-state index in [2.05, 4.69) is 46.3 Å². The highest BCUT2D eigenvalue weighted by molar-refractivity contribution is 9.10. The third kappa shape index (κ3) is 5.18. The molecule has 0 fully saturated rings. The molecule has 2 aromatic rings. The van der Waals surface area contributed by atoms with E-state index < -0.39 is 0 Å². The molecule has 3 heteroatoms. The summed E-state index contributed by atoms with van der Waals surface area (Å²) >= 11 is 3.48. The Bertz CT molecular complexity index is 554. The number of nitrogens with two attached hydrogens (primary N) is 1. The van der Waals surface area contributed by atoms with Crippen molar-refractivity contribution in [2.45, 2.75) is 32.2 Å². The summed E-state index contributed by atoms with van der Waals surface area (Å²) in [6.07, 6.45) is 3.27. The molecule has 0 bridgehead atoms. The molecule has 0 aliphatic heterocycles. The molecule has 0 amide bonds. The molecule has 0 unspecified atom stereocenters. The zero-order valence-corrected chi connectivity index (χ0v) is 14.0. The van der Waals surface area contributed by atoms with Crippen LogP contribution in [0.1, 0.15) is 36.9 Å². The molecule has 21 heavy (non-hydrogen) atoms. The fraction of sp³-hybridized carbons (Fsp3) is 0.333. The number of hydrogen-bond donors (Lipinski definition) is 1. The largest absolute Gasteiger partial charge is 0.493 e. The molecule has 2 aromatic carbocycles. The lowest BCUT2D eigenvalue weighted by atomic mass is 10.1. The third-order valence-electron chi connectivity index (χ3n) is 3.43. The molecule has 0 saturated carbocycles. The van der Waals surface area contributed by atoms with Crippen molar-refractivity contribution in [3.05, 3.63) is 64.1 Å². The van der Waals surface area contributed by atoms with Crippen LogP contribution in [0.3, 0.4) is 0 Å². The first-order valence-corrected chi connectivity index (χ1v) is 8.18. The number of unbranched alkanes of at least 4 members (excludes halogenated alkanes) is 1. The Morgan fingerprint density at radius 2 is 1.86 bits per heavy atom. The van der Waals surface area contributed by atoms with Crippen molar-refractivity contribution in [2.75, 3.05) is 6.61 Å². The van der Waals surface area contributed by atoms with Gasteiger partial charge >= 0.3 is 0 Å². The van der Waals surface area contributed by atoms with E-state index in [4.69, 9.17) is 10.5 Å². The highest BCUT2D eigenvalue weighted by Crippen LogP contribution is 2.27. The van der Waals surface area contributed by atoms with E-state index in [9.17, 15) is 0 Å². The van der Waals surface area contributed by atoms with Crippen molar-refractivity contribution >= 4 is 15.9 Å². The molecule has 0 aliphatic carbocycles. The van der Waals surface area contributed by atoms with Gasteiger partial charge < -0.3 is 10.5 Å². The summed E-state index contributed by atoms with van der Waals surface area (Å²) in [6, 6.07) is 16.6. The fourth-order valence-corrected chi connectivity index (χ4v) is 2.61. The standard InChI is InChI=1S/C18H22BrNO/c1-14(20)17-11-10-16(19)13-18(17)21-12-6-5-9-15-7-3-2-4-8-15/h2-4,7-8,10-11,13-14H,5-6,9,12,20H2,1H3/t14-/m1/s1. The van der Waals surface area contributed by atoms with E-state index in [1.165, 1.54) is 5.56 Å². The van der Waals surface area contributed by atoms with Crippen LogP contribution < -0.4 is 10.5 Å². The Hall–Kier alpha value is -1.32. The van der Waals surface area contributed by atoms with Gasteiger partial charge in [-0.2, -0.15) is 0 Å². The predicted octanol–water partition coefficient (Wildman–Crippen LogP) is 4.87. The minimum atomic E-state index is -0.0163. The molecule has 0 radical (unpaired) electrons. The van der Waals surface area contributed by atoms with Gasteiger partial charge in [-0.05, 0) is 43.9 Å². The zero-order chi connectivity index (χ0) is 15.1. The van der Waals surface area contributed by atoms with Gasteiger partial charge in [0.05, 0.1) is 6.61 Å². The van der Waals surface area contributed by atoms with Crippen LogP contribution in [0, 0.1) is 0 Å². The minimum Gasteiger partial charge on any atom is -0.493 e. The van der Waals surface area contributed by atoms with Crippen molar-refractivity contribution in [3.63, 3.8) is 0 Å². The summed E-state index contributed by atoms with van der Waals surface area (Å²) in [5.41, 5.74) is 8.42. The molecule has 112 valence electrons. The Labute approximate surface area is 135 Å². The maximum absolute atomic E-state index is 5.98.